The number of amides is 1. The van der Waals surface area contributed by atoms with E-state index in [2.05, 4.69) is 10.3 Å². The van der Waals surface area contributed by atoms with Crippen LogP contribution in [0.2, 0.25) is 0 Å². The van der Waals surface area contributed by atoms with Gasteiger partial charge >= 0.3 is 0 Å². The minimum Gasteiger partial charge on any atom is -0.479 e. The molecule has 1 aliphatic heterocycles. The van der Waals surface area contributed by atoms with Gasteiger partial charge in [-0.3, -0.25) is 9.48 Å². The van der Waals surface area contributed by atoms with E-state index in [1.807, 2.05) is 13.2 Å². The van der Waals surface area contributed by atoms with Crippen molar-refractivity contribution in [1.82, 2.24) is 19.8 Å². The summed E-state index contributed by atoms with van der Waals surface area (Å²) >= 11 is 0. The minimum atomic E-state index is -0.197. The molecule has 8 nitrogen and oxygen atoms in total. The number of rotatable bonds is 6. The van der Waals surface area contributed by atoms with Crippen molar-refractivity contribution in [2.45, 2.75) is 25.3 Å². The Hall–Kier alpha value is -2.35. The minimum absolute atomic E-state index is 0.0671. The van der Waals surface area contributed by atoms with Crippen LogP contribution in [0.3, 0.4) is 0 Å². The smallest absolute Gasteiger partial charge is 0.292 e. The van der Waals surface area contributed by atoms with E-state index in [9.17, 15) is 4.79 Å². The number of aryl methyl sites for hydroxylation is 1. The second-order valence-electron chi connectivity index (χ2n) is 6.81. The molecule has 1 amide bonds. The van der Waals surface area contributed by atoms with Crippen molar-refractivity contribution in [1.29, 1.82) is 0 Å². The lowest BCUT2D eigenvalue weighted by molar-refractivity contribution is 0.0590. The van der Waals surface area contributed by atoms with Gasteiger partial charge in [-0.25, -0.2) is 0 Å². The van der Waals surface area contributed by atoms with Crippen LogP contribution in [0.15, 0.2) is 16.8 Å². The fourth-order valence-electron chi connectivity index (χ4n) is 3.20. The van der Waals surface area contributed by atoms with Crippen LogP contribution in [0.25, 0.3) is 0 Å². The number of hydrogen-bond acceptors (Lipinski definition) is 6. The van der Waals surface area contributed by atoms with Gasteiger partial charge < -0.3 is 18.9 Å². The molecule has 1 unspecified atom stereocenters. The topological polar surface area (TPSA) is 82.6 Å². The third-order valence-corrected chi connectivity index (χ3v) is 4.69. The summed E-state index contributed by atoms with van der Waals surface area (Å²) < 4.78 is 17.8. The maximum absolute atomic E-state index is 12.8. The number of nitrogens with zero attached hydrogens (tertiary/aromatic N) is 4. The Balaban J connectivity index is 1.50. The second-order valence-corrected chi connectivity index (χ2v) is 6.81. The molecule has 1 saturated carbocycles. The van der Waals surface area contributed by atoms with Gasteiger partial charge in [0.1, 0.15) is 0 Å². The molecular formula is C17H22N4O4. The van der Waals surface area contributed by atoms with Crippen molar-refractivity contribution in [3.8, 4) is 5.88 Å². The highest BCUT2D eigenvalue weighted by atomic mass is 16.5. The maximum Gasteiger partial charge on any atom is 0.292 e. The molecule has 4 rings (SSSR count). The summed E-state index contributed by atoms with van der Waals surface area (Å²) in [6.07, 6.45) is 4.48. The predicted molar refractivity (Wildman–Crippen MR) is 87.3 cm³/mol. The van der Waals surface area contributed by atoms with E-state index in [0.29, 0.717) is 31.5 Å². The van der Waals surface area contributed by atoms with Gasteiger partial charge in [0.15, 0.2) is 0 Å². The van der Waals surface area contributed by atoms with E-state index in [4.69, 9.17) is 14.0 Å². The average molecular weight is 346 g/mol. The van der Waals surface area contributed by atoms with Crippen LogP contribution in [0.1, 0.15) is 40.6 Å². The van der Waals surface area contributed by atoms with Crippen molar-refractivity contribution < 1.29 is 18.8 Å². The van der Waals surface area contributed by atoms with Gasteiger partial charge in [0.2, 0.25) is 5.76 Å². The van der Waals surface area contributed by atoms with E-state index >= 15 is 0 Å². The van der Waals surface area contributed by atoms with Crippen LogP contribution in [-0.2, 0) is 18.3 Å². The van der Waals surface area contributed by atoms with E-state index in [-0.39, 0.29) is 17.6 Å². The van der Waals surface area contributed by atoms with E-state index in [0.717, 1.165) is 17.9 Å². The Labute approximate surface area is 145 Å². The summed E-state index contributed by atoms with van der Waals surface area (Å²) in [7, 11) is 3.38. The van der Waals surface area contributed by atoms with E-state index < -0.39 is 0 Å². The lowest BCUT2D eigenvalue weighted by Gasteiger charge is -2.31. The van der Waals surface area contributed by atoms with Crippen LogP contribution in [0.4, 0.5) is 0 Å². The van der Waals surface area contributed by atoms with Crippen LogP contribution in [0.5, 0.6) is 5.88 Å². The van der Waals surface area contributed by atoms with Gasteiger partial charge in [0.25, 0.3) is 11.8 Å². The highest BCUT2D eigenvalue weighted by Crippen LogP contribution is 2.31. The molecule has 25 heavy (non-hydrogen) atoms. The molecule has 8 heteroatoms. The fraction of sp³-hybridized carbons (Fsp3) is 0.588. The quantitative estimate of drug-likeness (QED) is 0.790. The average Bonchev–Trinajstić information content (AvgIpc) is 3.16. The molecule has 1 fully saturated rings. The zero-order chi connectivity index (χ0) is 17.4. The summed E-state index contributed by atoms with van der Waals surface area (Å²) in [6.45, 7) is 2.43. The Bertz CT molecular complexity index is 765. The van der Waals surface area contributed by atoms with Crippen molar-refractivity contribution in [3.05, 3.63) is 29.3 Å². The third kappa shape index (κ3) is 3.39. The van der Waals surface area contributed by atoms with Crippen LogP contribution >= 0.6 is 0 Å². The van der Waals surface area contributed by atoms with Crippen molar-refractivity contribution in [2.24, 2.45) is 13.0 Å². The molecule has 0 saturated heterocycles. The number of methoxy groups -OCH3 is 1. The number of fused-ring (bicyclic) bond motifs is 1. The van der Waals surface area contributed by atoms with Gasteiger partial charge in [-0.1, -0.05) is 0 Å². The molecule has 134 valence electrons. The molecule has 3 heterocycles. The van der Waals surface area contributed by atoms with Gasteiger partial charge in [-0.05, 0) is 23.9 Å². The number of hydrogen-bond donors (Lipinski definition) is 0. The fourth-order valence-corrected chi connectivity index (χ4v) is 3.20. The van der Waals surface area contributed by atoms with Gasteiger partial charge in [0, 0.05) is 44.4 Å². The highest BCUT2D eigenvalue weighted by Gasteiger charge is 2.33. The first-order valence-corrected chi connectivity index (χ1v) is 8.54. The van der Waals surface area contributed by atoms with Crippen molar-refractivity contribution in [2.75, 3.05) is 26.9 Å². The largest absolute Gasteiger partial charge is 0.479 e. The predicted octanol–water partition coefficient (Wildman–Crippen LogP) is 1.58. The summed E-state index contributed by atoms with van der Waals surface area (Å²) in [4.78, 5) is 14.5. The lowest BCUT2D eigenvalue weighted by Crippen LogP contribution is -2.39. The summed E-state index contributed by atoms with van der Waals surface area (Å²) in [5.74, 6) is 1.06. The molecule has 1 aliphatic carbocycles. The Morgan fingerprint density at radius 3 is 2.96 bits per heavy atom. The first-order chi connectivity index (χ1) is 12.1. The first kappa shape index (κ1) is 16.1. The maximum atomic E-state index is 12.8. The van der Waals surface area contributed by atoms with Gasteiger partial charge in [-0.2, -0.15) is 5.10 Å². The Morgan fingerprint density at radius 2 is 2.24 bits per heavy atom. The number of aromatic nitrogens is 3. The molecule has 0 spiro atoms. The summed E-state index contributed by atoms with van der Waals surface area (Å²) in [5, 5.41) is 8.28. The van der Waals surface area contributed by atoms with Gasteiger partial charge in [0.05, 0.1) is 25.5 Å². The molecular weight excluding hydrogens is 324 g/mol. The monoisotopic (exact) mass is 346 g/mol. The first-order valence-electron chi connectivity index (χ1n) is 8.54. The highest BCUT2D eigenvalue weighted by molar-refractivity contribution is 5.91. The molecule has 2 aliphatic rings. The summed E-state index contributed by atoms with van der Waals surface area (Å²) in [6, 6.07) is 1.51. The van der Waals surface area contributed by atoms with Crippen molar-refractivity contribution in [3.63, 3.8) is 0 Å². The number of ether oxygens (including phenoxy) is 2. The van der Waals surface area contributed by atoms with Crippen LogP contribution in [-0.4, -0.2) is 52.6 Å². The third-order valence-electron chi connectivity index (χ3n) is 4.69. The summed E-state index contributed by atoms with van der Waals surface area (Å²) in [5.41, 5.74) is 2.08. The molecule has 0 bridgehead atoms. The number of carbonyl (C=O) groups is 1. The van der Waals surface area contributed by atoms with Crippen molar-refractivity contribution >= 4 is 5.91 Å². The Kier molecular flexibility index (Phi) is 4.20. The van der Waals surface area contributed by atoms with E-state index in [1.165, 1.54) is 26.0 Å². The molecule has 2 aromatic rings. The molecule has 0 aromatic carbocycles. The molecule has 1 atom stereocenters. The zero-order valence-electron chi connectivity index (χ0n) is 14.5. The number of carbonyl (C=O) groups excluding carboxylic acids is 1. The SMILES string of the molecule is COc1cc(C(=O)N2Cc3cn(C)nc3C(COCC3CC3)C2)on1. The second kappa shape index (κ2) is 6.51. The van der Waals surface area contributed by atoms with Crippen LogP contribution < -0.4 is 4.74 Å². The Morgan fingerprint density at radius 1 is 1.40 bits per heavy atom. The molecule has 0 radical (unpaired) electrons. The molecule has 2 aromatic heterocycles. The standard InChI is InChI=1S/C17H22N4O4/c1-20-6-12-7-21(17(22)14-5-15(23-2)19-25-14)8-13(16(12)18-20)10-24-9-11-3-4-11/h5-6,11,13H,3-4,7-10H2,1-2H3. The lowest BCUT2D eigenvalue weighted by atomic mass is 9.97. The van der Waals surface area contributed by atoms with Gasteiger partial charge in [-0.15, -0.1) is 0 Å². The zero-order valence-corrected chi connectivity index (χ0v) is 14.5. The normalized spacial score (nSPS) is 19.8. The van der Waals surface area contributed by atoms with E-state index in [1.54, 1.807) is 9.58 Å². The van der Waals surface area contributed by atoms with Crippen LogP contribution in [0, 0.1) is 5.92 Å². The molecule has 0 N–H and O–H groups in total.